The van der Waals surface area contributed by atoms with E-state index in [-0.39, 0.29) is 5.57 Å². The third-order valence-electron chi connectivity index (χ3n) is 4.83. The van der Waals surface area contributed by atoms with Gasteiger partial charge in [0.05, 0.1) is 0 Å². The Balaban J connectivity index is 2.37. The van der Waals surface area contributed by atoms with E-state index in [9.17, 15) is 18.7 Å². The summed E-state index contributed by atoms with van der Waals surface area (Å²) in [5.74, 6) is -2.96. The van der Waals surface area contributed by atoms with Crippen LogP contribution in [0, 0.1) is 11.6 Å². The second kappa shape index (κ2) is 15.2. The molecule has 0 saturated heterocycles. The number of rotatable bonds is 17. The molecule has 0 aliphatic heterocycles. The van der Waals surface area contributed by atoms with Crippen LogP contribution in [0.5, 0.6) is 0 Å². The van der Waals surface area contributed by atoms with Gasteiger partial charge in [0.1, 0.15) is 0 Å². The number of unbranched alkanes of at least 4 members (excludes halogenated alkanes) is 5. The van der Waals surface area contributed by atoms with E-state index >= 15 is 0 Å². The number of carboxylic acid groups (broad SMARTS) is 1. The molecule has 0 amide bonds. The predicted molar refractivity (Wildman–Crippen MR) is 120 cm³/mol. The molecule has 0 aliphatic rings. The number of benzene rings is 1. The molecule has 0 heterocycles. The van der Waals surface area contributed by atoms with Crippen LogP contribution in [0.15, 0.2) is 23.8 Å². The second-order valence-electron chi connectivity index (χ2n) is 7.25. The molecule has 0 aromatic heterocycles. The van der Waals surface area contributed by atoms with Crippen LogP contribution in [0.3, 0.4) is 0 Å². The van der Waals surface area contributed by atoms with Gasteiger partial charge in [0.2, 0.25) is 0 Å². The predicted octanol–water partition coefficient (Wildman–Crippen LogP) is 6.21. The average Bonchev–Trinajstić information content (AvgIpc) is 2.72. The van der Waals surface area contributed by atoms with Gasteiger partial charge in [-0.15, -0.1) is 0 Å². The first-order chi connectivity index (χ1) is 14.9. The van der Waals surface area contributed by atoms with Gasteiger partial charge in [-0.05, 0) is 63.8 Å². The van der Waals surface area contributed by atoms with Crippen molar-refractivity contribution < 1.29 is 32.0 Å². The Labute approximate surface area is 185 Å². The van der Waals surface area contributed by atoms with Crippen LogP contribution in [0.2, 0.25) is 6.04 Å². The van der Waals surface area contributed by atoms with Gasteiger partial charge in [0.25, 0.3) is 0 Å². The SMILES string of the molecule is CCO[Si](CCCCCCCC/C(=C\c1ccc(F)c(F)c1)C(=O)O)(OCC)OCC. The van der Waals surface area contributed by atoms with Crippen LogP contribution in [0.4, 0.5) is 8.78 Å². The molecular weight excluding hydrogens is 422 g/mol. The molecule has 0 bridgehead atoms. The van der Waals surface area contributed by atoms with Gasteiger partial charge in [-0.25, -0.2) is 13.6 Å². The van der Waals surface area contributed by atoms with Gasteiger partial charge in [0.15, 0.2) is 11.6 Å². The number of hydrogen-bond acceptors (Lipinski definition) is 4. The molecule has 0 saturated carbocycles. The lowest BCUT2D eigenvalue weighted by Gasteiger charge is -2.28. The Morgan fingerprint density at radius 2 is 1.45 bits per heavy atom. The van der Waals surface area contributed by atoms with Crippen molar-refractivity contribution in [1.29, 1.82) is 0 Å². The van der Waals surface area contributed by atoms with Crippen LogP contribution in [0.1, 0.15) is 71.3 Å². The van der Waals surface area contributed by atoms with Crippen molar-refractivity contribution in [2.45, 2.75) is 71.8 Å². The molecular formula is C23H36F2O5Si. The number of carbonyl (C=O) groups is 1. The lowest BCUT2D eigenvalue weighted by molar-refractivity contribution is -0.132. The van der Waals surface area contributed by atoms with Crippen LogP contribution in [-0.2, 0) is 18.1 Å². The minimum absolute atomic E-state index is 0.201. The maximum Gasteiger partial charge on any atom is 0.500 e. The molecule has 0 atom stereocenters. The lowest BCUT2D eigenvalue weighted by atomic mass is 10.0. The summed E-state index contributed by atoms with van der Waals surface area (Å²) in [5.41, 5.74) is 0.550. The third-order valence-corrected chi connectivity index (χ3v) is 7.98. The molecule has 0 fully saturated rings. The van der Waals surface area contributed by atoms with Crippen molar-refractivity contribution in [3.05, 3.63) is 41.0 Å². The second-order valence-corrected chi connectivity index (χ2v) is 9.98. The fourth-order valence-electron chi connectivity index (χ4n) is 3.41. The van der Waals surface area contributed by atoms with Gasteiger partial charge in [-0.3, -0.25) is 0 Å². The fourth-order valence-corrected chi connectivity index (χ4v) is 6.09. The number of carboxylic acids is 1. The number of hydrogen-bond donors (Lipinski definition) is 1. The first kappa shape index (κ1) is 27.4. The van der Waals surface area contributed by atoms with Crippen molar-refractivity contribution in [1.82, 2.24) is 0 Å². The molecule has 31 heavy (non-hydrogen) atoms. The zero-order chi connectivity index (χ0) is 23.1. The average molecular weight is 459 g/mol. The maximum atomic E-state index is 13.3. The van der Waals surface area contributed by atoms with E-state index in [4.69, 9.17) is 13.3 Å². The van der Waals surface area contributed by atoms with Crippen molar-refractivity contribution in [3.63, 3.8) is 0 Å². The quantitative estimate of drug-likeness (QED) is 0.171. The highest BCUT2D eigenvalue weighted by Crippen LogP contribution is 2.21. The molecule has 5 nitrogen and oxygen atoms in total. The first-order valence-electron chi connectivity index (χ1n) is 11.2. The van der Waals surface area contributed by atoms with Gasteiger partial charge < -0.3 is 18.4 Å². The Kier molecular flexibility index (Phi) is 13.5. The fraction of sp³-hybridized carbons (Fsp3) is 0.609. The van der Waals surface area contributed by atoms with Crippen LogP contribution < -0.4 is 0 Å². The monoisotopic (exact) mass is 458 g/mol. The molecule has 0 unspecified atom stereocenters. The van der Waals surface area contributed by atoms with E-state index < -0.39 is 26.4 Å². The summed E-state index contributed by atoms with van der Waals surface area (Å²) in [4.78, 5) is 11.4. The molecule has 8 heteroatoms. The van der Waals surface area contributed by atoms with E-state index in [2.05, 4.69) is 0 Å². The molecule has 0 aliphatic carbocycles. The summed E-state index contributed by atoms with van der Waals surface area (Å²) in [7, 11) is -2.57. The summed E-state index contributed by atoms with van der Waals surface area (Å²) in [6, 6.07) is 4.19. The first-order valence-corrected chi connectivity index (χ1v) is 13.1. The minimum atomic E-state index is -2.57. The highest BCUT2D eigenvalue weighted by molar-refractivity contribution is 6.60. The van der Waals surface area contributed by atoms with E-state index in [1.807, 2.05) is 20.8 Å². The van der Waals surface area contributed by atoms with Crippen LogP contribution in [0.25, 0.3) is 6.08 Å². The number of halogens is 2. The molecule has 0 spiro atoms. The van der Waals surface area contributed by atoms with Crippen molar-refractivity contribution >= 4 is 20.8 Å². The third kappa shape index (κ3) is 10.5. The molecule has 1 rings (SSSR count). The standard InChI is InChI=1S/C23H36F2O5Si/c1-4-28-31(29-5-2,30-6-3)16-12-10-8-7-9-11-13-20(23(26)27)17-19-14-15-21(24)22(25)18-19/h14-15,17-18H,4-13,16H2,1-3H3,(H,26,27)/b20-17+. The molecule has 1 aromatic rings. The van der Waals surface area contributed by atoms with E-state index in [1.54, 1.807) is 0 Å². The van der Waals surface area contributed by atoms with E-state index in [0.29, 0.717) is 31.8 Å². The summed E-state index contributed by atoms with van der Waals surface area (Å²) in [5, 5.41) is 9.37. The minimum Gasteiger partial charge on any atom is -0.478 e. The molecule has 0 radical (unpaired) electrons. The highest BCUT2D eigenvalue weighted by Gasteiger charge is 2.39. The molecule has 1 N–H and O–H groups in total. The summed E-state index contributed by atoms with van der Waals surface area (Å²) < 4.78 is 43.9. The lowest BCUT2D eigenvalue weighted by Crippen LogP contribution is -2.45. The van der Waals surface area contributed by atoms with Gasteiger partial charge in [-0.1, -0.05) is 31.7 Å². The highest BCUT2D eigenvalue weighted by atomic mass is 28.4. The normalized spacial score (nSPS) is 12.4. The summed E-state index contributed by atoms with van der Waals surface area (Å²) >= 11 is 0. The van der Waals surface area contributed by atoms with Gasteiger partial charge >= 0.3 is 14.8 Å². The largest absolute Gasteiger partial charge is 0.500 e. The maximum absolute atomic E-state index is 13.3. The smallest absolute Gasteiger partial charge is 0.478 e. The zero-order valence-electron chi connectivity index (χ0n) is 18.9. The Morgan fingerprint density at radius 3 is 1.97 bits per heavy atom. The summed E-state index contributed by atoms with van der Waals surface area (Å²) in [6.45, 7) is 7.59. The van der Waals surface area contributed by atoms with Crippen molar-refractivity contribution in [3.8, 4) is 0 Å². The number of aliphatic carboxylic acids is 1. The van der Waals surface area contributed by atoms with E-state index in [0.717, 1.165) is 56.7 Å². The van der Waals surface area contributed by atoms with Crippen LogP contribution in [-0.4, -0.2) is 39.7 Å². The van der Waals surface area contributed by atoms with Crippen molar-refractivity contribution in [2.24, 2.45) is 0 Å². The van der Waals surface area contributed by atoms with E-state index in [1.165, 1.54) is 12.1 Å². The van der Waals surface area contributed by atoms with Gasteiger partial charge in [-0.2, -0.15) is 0 Å². The molecule has 176 valence electrons. The zero-order valence-corrected chi connectivity index (χ0v) is 19.9. The Morgan fingerprint density at radius 1 is 0.903 bits per heavy atom. The Hall–Kier alpha value is -1.61. The Bertz CT molecular complexity index is 680. The van der Waals surface area contributed by atoms with Crippen molar-refractivity contribution in [2.75, 3.05) is 19.8 Å². The van der Waals surface area contributed by atoms with Gasteiger partial charge in [0, 0.05) is 31.4 Å². The van der Waals surface area contributed by atoms with Crippen LogP contribution >= 0.6 is 0 Å². The summed E-state index contributed by atoms with van der Waals surface area (Å²) in [6.07, 6.45) is 7.51. The topological polar surface area (TPSA) is 65.0 Å². The molecule has 1 aromatic carbocycles.